The van der Waals surface area contributed by atoms with E-state index in [0.29, 0.717) is 24.8 Å². The zero-order valence-corrected chi connectivity index (χ0v) is 19.0. The molecule has 0 aliphatic rings. The number of aryl methyl sites for hydroxylation is 1. The average molecular weight is 433 g/mol. The first-order valence-electron chi connectivity index (χ1n) is 10.3. The summed E-state index contributed by atoms with van der Waals surface area (Å²) in [7, 11) is -3.59. The molecule has 2 rings (SSSR count). The molecule has 0 radical (unpaired) electrons. The van der Waals surface area contributed by atoms with Gasteiger partial charge in [0, 0.05) is 0 Å². The standard InChI is InChI=1S/C23H32N2O4S/c1-5-6-19-7-13-22(14-8-19)29-16-15-24-23(26)17-25(30(4,27)28)21-11-9-20(10-12-21)18(2)3/h7-14,18H,5-6,15-17H2,1-4H3,(H,24,26). The molecule has 0 spiro atoms. The van der Waals surface area contributed by atoms with Crippen molar-refractivity contribution in [2.75, 3.05) is 30.3 Å². The van der Waals surface area contributed by atoms with E-state index in [9.17, 15) is 13.2 Å². The summed E-state index contributed by atoms with van der Waals surface area (Å²) in [6.45, 7) is 6.60. The van der Waals surface area contributed by atoms with Crippen molar-refractivity contribution in [2.24, 2.45) is 0 Å². The van der Waals surface area contributed by atoms with Gasteiger partial charge in [-0.15, -0.1) is 0 Å². The predicted octanol–water partition coefficient (Wildman–Crippen LogP) is 3.72. The van der Waals surface area contributed by atoms with E-state index in [1.165, 1.54) is 5.56 Å². The highest BCUT2D eigenvalue weighted by Crippen LogP contribution is 2.21. The highest BCUT2D eigenvalue weighted by Gasteiger charge is 2.20. The second kappa shape index (κ2) is 11.0. The largest absolute Gasteiger partial charge is 0.492 e. The normalized spacial score (nSPS) is 11.4. The highest BCUT2D eigenvalue weighted by molar-refractivity contribution is 7.92. The number of hydrogen-bond donors (Lipinski definition) is 1. The molecule has 1 N–H and O–H groups in total. The molecule has 0 unspecified atom stereocenters. The second-order valence-electron chi connectivity index (χ2n) is 7.61. The predicted molar refractivity (Wildman–Crippen MR) is 122 cm³/mol. The van der Waals surface area contributed by atoms with Gasteiger partial charge < -0.3 is 10.1 Å². The van der Waals surface area contributed by atoms with Crippen molar-refractivity contribution in [3.63, 3.8) is 0 Å². The molecule has 7 heteroatoms. The highest BCUT2D eigenvalue weighted by atomic mass is 32.2. The Bertz CT molecular complexity index is 907. The topological polar surface area (TPSA) is 75.7 Å². The molecule has 0 aliphatic heterocycles. The molecule has 0 saturated carbocycles. The molecule has 0 heterocycles. The van der Waals surface area contributed by atoms with Gasteiger partial charge >= 0.3 is 0 Å². The third-order valence-corrected chi connectivity index (χ3v) is 5.83. The van der Waals surface area contributed by atoms with Gasteiger partial charge in [-0.05, 0) is 47.7 Å². The summed E-state index contributed by atoms with van der Waals surface area (Å²) >= 11 is 0. The Labute approximate surface area is 180 Å². The number of sulfonamides is 1. The van der Waals surface area contributed by atoms with Gasteiger partial charge in [0.25, 0.3) is 0 Å². The Hall–Kier alpha value is -2.54. The summed E-state index contributed by atoms with van der Waals surface area (Å²) in [6, 6.07) is 15.1. The van der Waals surface area contributed by atoms with Gasteiger partial charge in [0.1, 0.15) is 18.9 Å². The van der Waals surface area contributed by atoms with Crippen LogP contribution < -0.4 is 14.4 Å². The molecule has 164 valence electrons. The van der Waals surface area contributed by atoms with E-state index in [-0.39, 0.29) is 12.5 Å². The molecule has 0 fully saturated rings. The minimum absolute atomic E-state index is 0.272. The number of amides is 1. The average Bonchev–Trinajstić information content (AvgIpc) is 2.70. The van der Waals surface area contributed by atoms with Crippen LogP contribution in [0.3, 0.4) is 0 Å². The van der Waals surface area contributed by atoms with Crippen LogP contribution in [0.5, 0.6) is 5.75 Å². The Morgan fingerprint density at radius 2 is 1.70 bits per heavy atom. The number of benzene rings is 2. The molecule has 6 nitrogen and oxygen atoms in total. The summed E-state index contributed by atoms with van der Waals surface area (Å²) in [5.41, 5.74) is 2.84. The van der Waals surface area contributed by atoms with E-state index in [2.05, 4.69) is 26.1 Å². The number of anilines is 1. The van der Waals surface area contributed by atoms with Gasteiger partial charge in [-0.2, -0.15) is 0 Å². The SMILES string of the molecule is CCCc1ccc(OCCNC(=O)CN(c2ccc(C(C)C)cc2)S(C)(=O)=O)cc1. The quantitative estimate of drug-likeness (QED) is 0.549. The first kappa shape index (κ1) is 23.7. The van der Waals surface area contributed by atoms with Crippen LogP contribution in [0.25, 0.3) is 0 Å². The zero-order valence-electron chi connectivity index (χ0n) is 18.2. The number of nitrogens with zero attached hydrogens (tertiary/aromatic N) is 1. The maximum Gasteiger partial charge on any atom is 0.240 e. The van der Waals surface area contributed by atoms with Gasteiger partial charge in [-0.1, -0.05) is 51.5 Å². The summed E-state index contributed by atoms with van der Waals surface area (Å²) < 4.78 is 31.1. The molecule has 2 aromatic rings. The minimum atomic E-state index is -3.59. The minimum Gasteiger partial charge on any atom is -0.492 e. The Balaban J connectivity index is 1.87. The van der Waals surface area contributed by atoms with Crippen molar-refractivity contribution < 1.29 is 17.9 Å². The number of rotatable bonds is 11. The summed E-state index contributed by atoms with van der Waals surface area (Å²) in [5, 5.41) is 2.72. The van der Waals surface area contributed by atoms with Crippen molar-refractivity contribution in [1.29, 1.82) is 0 Å². The monoisotopic (exact) mass is 432 g/mol. The van der Waals surface area contributed by atoms with Gasteiger partial charge in [0.2, 0.25) is 15.9 Å². The fourth-order valence-corrected chi connectivity index (χ4v) is 3.87. The van der Waals surface area contributed by atoms with Crippen molar-refractivity contribution >= 4 is 21.6 Å². The fourth-order valence-electron chi connectivity index (χ4n) is 3.01. The number of carbonyl (C=O) groups is 1. The zero-order chi connectivity index (χ0) is 22.1. The maximum atomic E-state index is 12.3. The van der Waals surface area contributed by atoms with Crippen LogP contribution in [0.2, 0.25) is 0 Å². The smallest absolute Gasteiger partial charge is 0.240 e. The molecule has 0 bridgehead atoms. The number of carbonyl (C=O) groups excluding carboxylic acids is 1. The van der Waals surface area contributed by atoms with Gasteiger partial charge in [0.05, 0.1) is 18.5 Å². The van der Waals surface area contributed by atoms with Crippen LogP contribution in [-0.2, 0) is 21.2 Å². The van der Waals surface area contributed by atoms with Crippen LogP contribution in [0.15, 0.2) is 48.5 Å². The fraction of sp³-hybridized carbons (Fsp3) is 0.435. The van der Waals surface area contributed by atoms with Crippen molar-refractivity contribution in [2.45, 2.75) is 39.5 Å². The van der Waals surface area contributed by atoms with Crippen LogP contribution in [0.4, 0.5) is 5.69 Å². The second-order valence-corrected chi connectivity index (χ2v) is 9.52. The van der Waals surface area contributed by atoms with Gasteiger partial charge in [-0.3, -0.25) is 9.10 Å². The van der Waals surface area contributed by atoms with Crippen molar-refractivity contribution in [1.82, 2.24) is 5.32 Å². The van der Waals surface area contributed by atoms with Crippen molar-refractivity contribution in [3.05, 3.63) is 59.7 Å². The third kappa shape index (κ3) is 7.37. The molecule has 0 saturated heterocycles. The first-order chi connectivity index (χ1) is 14.2. The molecule has 2 aromatic carbocycles. The Morgan fingerprint density at radius 1 is 1.07 bits per heavy atom. The summed E-state index contributed by atoms with van der Waals surface area (Å²) in [5.74, 6) is 0.708. The van der Waals surface area contributed by atoms with E-state index in [1.807, 2.05) is 36.4 Å². The lowest BCUT2D eigenvalue weighted by Gasteiger charge is -2.22. The van der Waals surface area contributed by atoms with E-state index >= 15 is 0 Å². The lowest BCUT2D eigenvalue weighted by Crippen LogP contribution is -2.41. The number of hydrogen-bond acceptors (Lipinski definition) is 4. The molecule has 0 aromatic heterocycles. The van der Waals surface area contributed by atoms with Crippen LogP contribution in [0, 0.1) is 0 Å². The van der Waals surface area contributed by atoms with E-state index < -0.39 is 10.0 Å². The lowest BCUT2D eigenvalue weighted by atomic mass is 10.0. The Kier molecular flexibility index (Phi) is 8.72. The maximum absolute atomic E-state index is 12.3. The van der Waals surface area contributed by atoms with Crippen molar-refractivity contribution in [3.8, 4) is 5.75 Å². The van der Waals surface area contributed by atoms with Gasteiger partial charge in [0.15, 0.2) is 0 Å². The third-order valence-electron chi connectivity index (χ3n) is 4.69. The van der Waals surface area contributed by atoms with Crippen LogP contribution in [-0.4, -0.2) is 40.3 Å². The summed E-state index contributed by atoms with van der Waals surface area (Å²) in [6.07, 6.45) is 3.23. The molecule has 0 aliphatic carbocycles. The van der Waals surface area contributed by atoms with Crippen LogP contribution >= 0.6 is 0 Å². The lowest BCUT2D eigenvalue weighted by molar-refractivity contribution is -0.119. The molecule has 0 atom stereocenters. The Morgan fingerprint density at radius 3 is 2.23 bits per heavy atom. The van der Waals surface area contributed by atoms with E-state index in [1.54, 1.807) is 12.1 Å². The molecular formula is C23H32N2O4S. The first-order valence-corrected chi connectivity index (χ1v) is 12.1. The molecule has 1 amide bonds. The number of ether oxygens (including phenoxy) is 1. The van der Waals surface area contributed by atoms with Gasteiger partial charge in [-0.25, -0.2) is 8.42 Å². The number of nitrogens with one attached hydrogen (secondary N) is 1. The van der Waals surface area contributed by atoms with E-state index in [4.69, 9.17) is 4.74 Å². The molecule has 30 heavy (non-hydrogen) atoms. The van der Waals surface area contributed by atoms with E-state index in [0.717, 1.165) is 34.7 Å². The summed E-state index contributed by atoms with van der Waals surface area (Å²) in [4.78, 5) is 12.3. The van der Waals surface area contributed by atoms with Crippen LogP contribution in [0.1, 0.15) is 44.2 Å². The molecular weight excluding hydrogens is 400 g/mol.